The van der Waals surface area contributed by atoms with Gasteiger partial charge in [-0.15, -0.1) is 0 Å². The first-order valence-electron chi connectivity index (χ1n) is 7.97. The molecule has 2 unspecified atom stereocenters. The molecule has 19 heavy (non-hydrogen) atoms. The Balaban J connectivity index is 2.09. The first-order chi connectivity index (χ1) is 8.90. The number of rotatable bonds is 6. The summed E-state index contributed by atoms with van der Waals surface area (Å²) in [6.45, 7) is 11.9. The molecule has 3 nitrogen and oxygen atoms in total. The van der Waals surface area contributed by atoms with E-state index < -0.39 is 0 Å². The van der Waals surface area contributed by atoms with Crippen LogP contribution in [0.1, 0.15) is 60.3 Å². The molecule has 1 saturated carbocycles. The van der Waals surface area contributed by atoms with Gasteiger partial charge in [-0.3, -0.25) is 10.1 Å². The van der Waals surface area contributed by atoms with Gasteiger partial charge < -0.3 is 4.90 Å². The molecule has 0 radical (unpaired) electrons. The third kappa shape index (κ3) is 2.96. The first-order valence-corrected chi connectivity index (χ1v) is 7.97. The Bertz CT molecular complexity index is 334. The second-order valence-corrected chi connectivity index (χ2v) is 7.29. The van der Waals surface area contributed by atoms with Gasteiger partial charge in [-0.25, -0.2) is 0 Å². The summed E-state index contributed by atoms with van der Waals surface area (Å²) in [5.41, 5.74) is 0.450. The van der Waals surface area contributed by atoms with Crippen LogP contribution in [0, 0.1) is 17.3 Å². The number of carbonyl (C=O) groups is 1. The molecule has 2 fully saturated rings. The van der Waals surface area contributed by atoms with Crippen LogP contribution in [0.25, 0.3) is 0 Å². The van der Waals surface area contributed by atoms with Gasteiger partial charge in [0.05, 0.1) is 12.2 Å². The fourth-order valence-electron chi connectivity index (χ4n) is 3.42. The summed E-state index contributed by atoms with van der Waals surface area (Å²) in [5, 5.41) is 3.56. The van der Waals surface area contributed by atoms with E-state index in [0.717, 1.165) is 6.54 Å². The molecule has 0 aromatic carbocycles. The highest BCUT2D eigenvalue weighted by Gasteiger charge is 2.49. The van der Waals surface area contributed by atoms with Gasteiger partial charge in [-0.2, -0.15) is 0 Å². The van der Waals surface area contributed by atoms with Gasteiger partial charge in [-0.1, -0.05) is 41.0 Å². The predicted octanol–water partition coefficient (Wildman–Crippen LogP) is 3.01. The van der Waals surface area contributed by atoms with Crippen molar-refractivity contribution in [2.75, 3.05) is 6.54 Å². The molecule has 0 aromatic heterocycles. The summed E-state index contributed by atoms with van der Waals surface area (Å²) in [6, 6.07) is 0.0184. The number of hydrogen-bond donors (Lipinski definition) is 1. The van der Waals surface area contributed by atoms with Crippen LogP contribution in [0.4, 0.5) is 0 Å². The largest absolute Gasteiger partial charge is 0.325 e. The summed E-state index contributed by atoms with van der Waals surface area (Å²) < 4.78 is 0. The second-order valence-electron chi connectivity index (χ2n) is 7.29. The molecule has 1 N–H and O–H groups in total. The summed E-state index contributed by atoms with van der Waals surface area (Å²) in [4.78, 5) is 14.8. The molecule has 1 aliphatic carbocycles. The van der Waals surface area contributed by atoms with E-state index in [2.05, 4.69) is 44.8 Å². The molecule has 1 aliphatic heterocycles. The summed E-state index contributed by atoms with van der Waals surface area (Å²) in [5.74, 6) is 1.18. The highest BCUT2D eigenvalue weighted by atomic mass is 16.2. The number of nitrogens with zero attached hydrogens (tertiary/aromatic N) is 1. The fraction of sp³-hybridized carbons (Fsp3) is 0.938. The average molecular weight is 266 g/mol. The monoisotopic (exact) mass is 266 g/mol. The molecule has 0 bridgehead atoms. The van der Waals surface area contributed by atoms with E-state index in [9.17, 15) is 4.79 Å². The maximum absolute atomic E-state index is 12.6. The maximum Gasteiger partial charge on any atom is 0.241 e. The number of amides is 1. The van der Waals surface area contributed by atoms with E-state index in [-0.39, 0.29) is 12.2 Å². The van der Waals surface area contributed by atoms with E-state index in [1.54, 1.807) is 0 Å². The van der Waals surface area contributed by atoms with Crippen LogP contribution in [-0.2, 0) is 4.79 Å². The highest BCUT2D eigenvalue weighted by Crippen LogP contribution is 2.50. The maximum atomic E-state index is 12.6. The van der Waals surface area contributed by atoms with Crippen LogP contribution in [0.15, 0.2) is 0 Å². The lowest BCUT2D eigenvalue weighted by Crippen LogP contribution is -2.44. The van der Waals surface area contributed by atoms with Crippen LogP contribution in [-0.4, -0.2) is 29.6 Å². The fourth-order valence-corrected chi connectivity index (χ4v) is 3.42. The number of carbonyl (C=O) groups excluding carboxylic acids is 1. The van der Waals surface area contributed by atoms with E-state index >= 15 is 0 Å². The van der Waals surface area contributed by atoms with Gasteiger partial charge in [-0.05, 0) is 36.5 Å². The molecule has 0 spiro atoms. The van der Waals surface area contributed by atoms with E-state index in [0.29, 0.717) is 23.2 Å². The first kappa shape index (κ1) is 14.8. The van der Waals surface area contributed by atoms with Crippen LogP contribution in [0.2, 0.25) is 0 Å². The molecular formula is C16H30N2O. The van der Waals surface area contributed by atoms with Crippen molar-refractivity contribution in [3.05, 3.63) is 0 Å². The minimum absolute atomic E-state index is 0.0184. The van der Waals surface area contributed by atoms with Crippen LogP contribution >= 0.6 is 0 Å². The summed E-state index contributed by atoms with van der Waals surface area (Å²) >= 11 is 0. The molecule has 2 atom stereocenters. The molecule has 0 aromatic rings. The lowest BCUT2D eigenvalue weighted by Gasteiger charge is -2.31. The third-order valence-corrected chi connectivity index (χ3v) is 4.78. The van der Waals surface area contributed by atoms with Gasteiger partial charge in [0.1, 0.15) is 0 Å². The normalized spacial score (nSPS) is 29.6. The zero-order valence-corrected chi connectivity index (χ0v) is 13.2. The van der Waals surface area contributed by atoms with Crippen LogP contribution in [0.3, 0.4) is 0 Å². The lowest BCUT2D eigenvalue weighted by molar-refractivity contribution is -0.132. The molecule has 110 valence electrons. The number of hydrogen-bond acceptors (Lipinski definition) is 2. The van der Waals surface area contributed by atoms with Crippen LogP contribution in [0.5, 0.6) is 0 Å². The van der Waals surface area contributed by atoms with Crippen molar-refractivity contribution >= 4 is 5.91 Å². The Morgan fingerprint density at radius 1 is 1.26 bits per heavy atom. The van der Waals surface area contributed by atoms with Gasteiger partial charge in [0.25, 0.3) is 0 Å². The Labute approximate surface area is 118 Å². The van der Waals surface area contributed by atoms with E-state index in [1.165, 1.54) is 25.7 Å². The van der Waals surface area contributed by atoms with Crippen molar-refractivity contribution in [3.8, 4) is 0 Å². The van der Waals surface area contributed by atoms with Crippen molar-refractivity contribution < 1.29 is 4.79 Å². The Hall–Kier alpha value is -0.570. The average Bonchev–Trinajstić information content (AvgIpc) is 2.98. The molecule has 1 heterocycles. The van der Waals surface area contributed by atoms with Crippen molar-refractivity contribution in [3.63, 3.8) is 0 Å². The van der Waals surface area contributed by atoms with Gasteiger partial charge >= 0.3 is 0 Å². The van der Waals surface area contributed by atoms with Crippen molar-refractivity contribution in [1.82, 2.24) is 10.2 Å². The van der Waals surface area contributed by atoms with Crippen molar-refractivity contribution in [2.24, 2.45) is 17.3 Å². The lowest BCUT2D eigenvalue weighted by atomic mass is 9.98. The molecule has 1 saturated heterocycles. The van der Waals surface area contributed by atoms with Gasteiger partial charge in [0, 0.05) is 6.54 Å². The van der Waals surface area contributed by atoms with Gasteiger partial charge in [0.15, 0.2) is 0 Å². The second kappa shape index (κ2) is 5.43. The Morgan fingerprint density at radius 2 is 1.89 bits per heavy atom. The SMILES string of the molecule is CCCC1(CN2C(=O)C(C(C)C)NC2C(C)C)CC1. The minimum atomic E-state index is 0.0184. The standard InChI is InChI=1S/C16H30N2O/c1-6-7-16(8-9-16)10-18-14(12(4)5)17-13(11(2)3)15(18)19/h11-14,17H,6-10H2,1-5H3. The molecule has 1 amide bonds. The Kier molecular flexibility index (Phi) is 4.24. The van der Waals surface area contributed by atoms with Crippen molar-refractivity contribution in [2.45, 2.75) is 72.5 Å². The molecule has 2 rings (SSSR count). The molecule has 3 heteroatoms. The van der Waals surface area contributed by atoms with E-state index in [1.807, 2.05) is 0 Å². The van der Waals surface area contributed by atoms with Crippen molar-refractivity contribution in [1.29, 1.82) is 0 Å². The smallest absolute Gasteiger partial charge is 0.241 e. The van der Waals surface area contributed by atoms with Gasteiger partial charge in [0.2, 0.25) is 5.91 Å². The van der Waals surface area contributed by atoms with E-state index in [4.69, 9.17) is 0 Å². The quantitative estimate of drug-likeness (QED) is 0.801. The highest BCUT2D eigenvalue weighted by molar-refractivity contribution is 5.84. The number of nitrogens with one attached hydrogen (secondary N) is 1. The summed E-state index contributed by atoms with van der Waals surface area (Å²) in [7, 11) is 0. The predicted molar refractivity (Wildman–Crippen MR) is 78.7 cm³/mol. The zero-order valence-electron chi connectivity index (χ0n) is 13.2. The topological polar surface area (TPSA) is 32.3 Å². The molecule has 2 aliphatic rings. The molecular weight excluding hydrogens is 236 g/mol. The minimum Gasteiger partial charge on any atom is -0.325 e. The Morgan fingerprint density at radius 3 is 2.32 bits per heavy atom. The zero-order chi connectivity index (χ0) is 14.2. The van der Waals surface area contributed by atoms with Crippen LogP contribution < -0.4 is 5.32 Å². The summed E-state index contributed by atoms with van der Waals surface area (Å²) in [6.07, 6.45) is 5.35. The third-order valence-electron chi connectivity index (χ3n) is 4.78.